The van der Waals surface area contributed by atoms with Crippen LogP contribution in [0, 0.1) is 0 Å². The van der Waals surface area contributed by atoms with E-state index in [1.165, 1.54) is 12.1 Å². The molecule has 0 amide bonds. The van der Waals surface area contributed by atoms with E-state index in [-0.39, 0.29) is 17.2 Å². The fourth-order valence-corrected chi connectivity index (χ4v) is 3.54. The largest absolute Gasteiger partial charge is 0.508 e. The fraction of sp³-hybridized carbons (Fsp3) is 0.409. The second-order valence-corrected chi connectivity index (χ2v) is 7.26. The summed E-state index contributed by atoms with van der Waals surface area (Å²) in [4.78, 5) is 13.8. The molecule has 0 saturated carbocycles. The third kappa shape index (κ3) is 4.85. The minimum atomic E-state index is -0.982. The molecule has 0 bridgehead atoms. The Morgan fingerprint density at radius 3 is 2.15 bits per heavy atom. The van der Waals surface area contributed by atoms with Crippen LogP contribution in [0.2, 0.25) is 0 Å². The predicted octanol–water partition coefficient (Wildman–Crippen LogP) is 4.73. The topological polar surface area (TPSA) is 60.8 Å². The number of phenols is 1. The summed E-state index contributed by atoms with van der Waals surface area (Å²) in [6.07, 6.45) is 0.803. The maximum Gasteiger partial charge on any atom is 0.335 e. The molecule has 2 N–H and O–H groups in total. The summed E-state index contributed by atoms with van der Waals surface area (Å²) >= 11 is 0. The van der Waals surface area contributed by atoms with Gasteiger partial charge in [-0.3, -0.25) is 4.90 Å². The molecule has 140 valence electrons. The van der Waals surface area contributed by atoms with Gasteiger partial charge in [0, 0.05) is 23.6 Å². The molecule has 1 atom stereocenters. The number of benzene rings is 2. The van der Waals surface area contributed by atoms with Gasteiger partial charge in [-0.1, -0.05) is 30.3 Å². The molecule has 0 aromatic heterocycles. The first-order valence-electron chi connectivity index (χ1n) is 9.18. The normalized spacial score (nSPS) is 12.7. The van der Waals surface area contributed by atoms with E-state index in [4.69, 9.17) is 0 Å². The SMILES string of the molecule is CC(C)N(CCC(c1ccccc1)c1cc(C(=O)O)ccc1O)C(C)C. The lowest BCUT2D eigenvalue weighted by molar-refractivity contribution is 0.0696. The Hall–Kier alpha value is -2.33. The Labute approximate surface area is 156 Å². The number of nitrogens with zero attached hydrogens (tertiary/aromatic N) is 1. The van der Waals surface area contributed by atoms with Crippen molar-refractivity contribution in [3.8, 4) is 5.75 Å². The van der Waals surface area contributed by atoms with Gasteiger partial charge in [-0.05, 0) is 64.4 Å². The highest BCUT2D eigenvalue weighted by Crippen LogP contribution is 2.35. The van der Waals surface area contributed by atoms with Crippen LogP contribution >= 0.6 is 0 Å². The van der Waals surface area contributed by atoms with E-state index < -0.39 is 5.97 Å². The molecule has 0 aliphatic carbocycles. The molecule has 0 heterocycles. The molecular formula is C22H29NO3. The van der Waals surface area contributed by atoms with E-state index in [1.807, 2.05) is 30.3 Å². The summed E-state index contributed by atoms with van der Waals surface area (Å²) in [5, 5.41) is 19.8. The quantitative estimate of drug-likeness (QED) is 0.718. The van der Waals surface area contributed by atoms with Crippen molar-refractivity contribution in [2.75, 3.05) is 6.54 Å². The Bertz CT molecular complexity index is 717. The van der Waals surface area contributed by atoms with Gasteiger partial charge >= 0.3 is 5.97 Å². The number of aromatic hydroxyl groups is 1. The number of rotatable bonds is 8. The molecule has 0 aliphatic heterocycles. The molecule has 4 heteroatoms. The Morgan fingerprint density at radius 1 is 1.00 bits per heavy atom. The maximum absolute atomic E-state index is 11.4. The van der Waals surface area contributed by atoms with Crippen molar-refractivity contribution < 1.29 is 15.0 Å². The van der Waals surface area contributed by atoms with Gasteiger partial charge in [-0.2, -0.15) is 0 Å². The van der Waals surface area contributed by atoms with Crippen LogP contribution in [-0.4, -0.2) is 39.7 Å². The van der Waals surface area contributed by atoms with Gasteiger partial charge in [-0.25, -0.2) is 4.79 Å². The van der Waals surface area contributed by atoms with Crippen LogP contribution in [0.5, 0.6) is 5.75 Å². The van der Waals surface area contributed by atoms with Crippen LogP contribution < -0.4 is 0 Å². The van der Waals surface area contributed by atoms with Crippen molar-refractivity contribution in [3.05, 3.63) is 65.2 Å². The fourth-order valence-electron chi connectivity index (χ4n) is 3.54. The number of hydrogen-bond donors (Lipinski definition) is 2. The van der Waals surface area contributed by atoms with Gasteiger partial charge in [0.1, 0.15) is 5.75 Å². The molecule has 0 fully saturated rings. The van der Waals surface area contributed by atoms with E-state index in [9.17, 15) is 15.0 Å². The van der Waals surface area contributed by atoms with Gasteiger partial charge in [0.05, 0.1) is 5.56 Å². The third-order valence-corrected chi connectivity index (χ3v) is 4.85. The first kappa shape index (κ1) is 20.0. The number of carboxylic acid groups (broad SMARTS) is 1. The Balaban J connectivity index is 2.40. The molecule has 2 aromatic carbocycles. The molecule has 4 nitrogen and oxygen atoms in total. The second kappa shape index (κ2) is 8.86. The zero-order chi connectivity index (χ0) is 19.3. The van der Waals surface area contributed by atoms with Crippen molar-refractivity contribution in [2.24, 2.45) is 0 Å². The predicted molar refractivity (Wildman–Crippen MR) is 105 cm³/mol. The lowest BCUT2D eigenvalue weighted by Gasteiger charge is -2.32. The number of hydrogen-bond acceptors (Lipinski definition) is 3. The van der Waals surface area contributed by atoms with Gasteiger partial charge in [0.25, 0.3) is 0 Å². The zero-order valence-corrected chi connectivity index (χ0v) is 16.0. The van der Waals surface area contributed by atoms with Crippen molar-refractivity contribution in [1.29, 1.82) is 0 Å². The molecule has 0 spiro atoms. The highest BCUT2D eigenvalue weighted by molar-refractivity contribution is 5.88. The summed E-state index contributed by atoms with van der Waals surface area (Å²) in [6, 6.07) is 15.4. The Kier molecular flexibility index (Phi) is 6.81. The van der Waals surface area contributed by atoms with Crippen LogP contribution in [0.3, 0.4) is 0 Å². The first-order valence-corrected chi connectivity index (χ1v) is 9.18. The van der Waals surface area contributed by atoms with E-state index in [0.29, 0.717) is 17.6 Å². The third-order valence-electron chi connectivity index (χ3n) is 4.85. The monoisotopic (exact) mass is 355 g/mol. The Morgan fingerprint density at radius 2 is 1.62 bits per heavy atom. The van der Waals surface area contributed by atoms with Gasteiger partial charge in [0.15, 0.2) is 0 Å². The van der Waals surface area contributed by atoms with Crippen molar-refractivity contribution in [3.63, 3.8) is 0 Å². The molecule has 26 heavy (non-hydrogen) atoms. The van der Waals surface area contributed by atoms with Crippen LogP contribution in [0.1, 0.15) is 61.5 Å². The van der Waals surface area contributed by atoms with Crippen molar-refractivity contribution in [1.82, 2.24) is 4.90 Å². The molecule has 2 rings (SSSR count). The van der Waals surface area contributed by atoms with Crippen LogP contribution in [0.4, 0.5) is 0 Å². The average Bonchev–Trinajstić information content (AvgIpc) is 2.59. The molecule has 0 radical (unpaired) electrons. The summed E-state index contributed by atoms with van der Waals surface area (Å²) in [5.74, 6) is -0.899. The van der Waals surface area contributed by atoms with Gasteiger partial charge in [-0.15, -0.1) is 0 Å². The molecule has 0 aliphatic rings. The average molecular weight is 355 g/mol. The van der Waals surface area contributed by atoms with Crippen LogP contribution in [0.25, 0.3) is 0 Å². The minimum absolute atomic E-state index is 0.0597. The van der Waals surface area contributed by atoms with E-state index >= 15 is 0 Å². The van der Waals surface area contributed by atoms with Crippen molar-refractivity contribution in [2.45, 2.75) is 52.1 Å². The molecular weight excluding hydrogens is 326 g/mol. The van der Waals surface area contributed by atoms with Crippen molar-refractivity contribution >= 4 is 5.97 Å². The maximum atomic E-state index is 11.4. The van der Waals surface area contributed by atoms with Crippen LogP contribution in [0.15, 0.2) is 48.5 Å². The number of carbonyl (C=O) groups is 1. The summed E-state index contributed by atoms with van der Waals surface area (Å²) in [7, 11) is 0. The summed E-state index contributed by atoms with van der Waals surface area (Å²) < 4.78 is 0. The summed E-state index contributed by atoms with van der Waals surface area (Å²) in [5.41, 5.74) is 1.95. The lowest BCUT2D eigenvalue weighted by Crippen LogP contribution is -2.38. The minimum Gasteiger partial charge on any atom is -0.508 e. The van der Waals surface area contributed by atoms with E-state index in [0.717, 1.165) is 18.5 Å². The summed E-state index contributed by atoms with van der Waals surface area (Å²) in [6.45, 7) is 9.59. The smallest absolute Gasteiger partial charge is 0.335 e. The first-order chi connectivity index (χ1) is 12.3. The molecule has 1 unspecified atom stereocenters. The van der Waals surface area contributed by atoms with Crippen LogP contribution in [-0.2, 0) is 0 Å². The highest BCUT2D eigenvalue weighted by Gasteiger charge is 2.22. The van der Waals surface area contributed by atoms with Gasteiger partial charge < -0.3 is 10.2 Å². The lowest BCUT2D eigenvalue weighted by atomic mass is 9.86. The van der Waals surface area contributed by atoms with E-state index in [1.54, 1.807) is 6.07 Å². The second-order valence-electron chi connectivity index (χ2n) is 7.26. The number of aromatic carboxylic acids is 1. The number of carboxylic acids is 1. The zero-order valence-electron chi connectivity index (χ0n) is 16.0. The number of phenolic OH excluding ortho intramolecular Hbond substituents is 1. The standard InChI is InChI=1S/C22H29NO3/c1-15(2)23(16(3)4)13-12-19(17-8-6-5-7-9-17)20-14-18(22(25)26)10-11-21(20)24/h5-11,14-16,19,24H,12-13H2,1-4H3,(H,25,26). The van der Waals surface area contributed by atoms with Gasteiger partial charge in [0.2, 0.25) is 0 Å². The highest BCUT2D eigenvalue weighted by atomic mass is 16.4. The van der Waals surface area contributed by atoms with E-state index in [2.05, 4.69) is 32.6 Å². The molecule has 0 saturated heterocycles. The molecule has 2 aromatic rings.